The van der Waals surface area contributed by atoms with Gasteiger partial charge in [-0.2, -0.15) is 0 Å². The van der Waals surface area contributed by atoms with E-state index in [1.807, 2.05) is 0 Å². The third-order valence-corrected chi connectivity index (χ3v) is 13.7. The van der Waals surface area contributed by atoms with Gasteiger partial charge in [0.25, 0.3) is 0 Å². The van der Waals surface area contributed by atoms with Crippen molar-refractivity contribution in [3.05, 3.63) is 107 Å². The fourth-order valence-corrected chi connectivity index (χ4v) is 9.74. The van der Waals surface area contributed by atoms with Crippen LogP contribution < -0.4 is 63.3 Å². The molecule has 2 aliphatic heterocycles. The van der Waals surface area contributed by atoms with E-state index in [0.717, 1.165) is 0 Å². The van der Waals surface area contributed by atoms with Crippen molar-refractivity contribution in [2.45, 2.75) is 95.6 Å². The van der Waals surface area contributed by atoms with Crippen LogP contribution in [0.25, 0.3) is 0 Å². The Bertz CT molecular complexity index is 3200. The summed E-state index contributed by atoms with van der Waals surface area (Å²) in [6.45, 7) is 4.92. The molecule has 8 amide bonds. The van der Waals surface area contributed by atoms with E-state index in [4.69, 9.17) is 33.2 Å². The van der Waals surface area contributed by atoms with Gasteiger partial charge in [0.1, 0.15) is 59.0 Å². The van der Waals surface area contributed by atoms with E-state index >= 15 is 0 Å². The lowest BCUT2D eigenvalue weighted by Crippen LogP contribution is -2.58. The Morgan fingerprint density at radius 1 is 0.655 bits per heavy atom. The monoisotopic (exact) mass is 1200 g/mol. The van der Waals surface area contributed by atoms with E-state index < -0.39 is 129 Å². The Morgan fingerprint density at radius 2 is 1.17 bits per heavy atom. The van der Waals surface area contributed by atoms with E-state index in [9.17, 15) is 72.8 Å². The third kappa shape index (κ3) is 17.1. The largest absolute Gasteiger partial charge is 0.524 e. The van der Waals surface area contributed by atoms with Gasteiger partial charge in [0.05, 0.1) is 25.3 Å². The number of benzene rings is 4. The highest BCUT2D eigenvalue weighted by atomic mass is 32.1. The fourth-order valence-electron chi connectivity index (χ4n) is 9.15. The molecule has 1 spiro atoms. The molecule has 0 saturated heterocycles. The number of phosphoric ester groups is 1. The minimum atomic E-state index is -4.97. The van der Waals surface area contributed by atoms with Gasteiger partial charge >= 0.3 is 13.8 Å². The minimum absolute atomic E-state index is 0.0255. The molecule has 0 aliphatic carbocycles. The average molecular weight is 1210 g/mol. The molecule has 6 rings (SSSR count). The van der Waals surface area contributed by atoms with Gasteiger partial charge in [0.15, 0.2) is 10.7 Å². The van der Waals surface area contributed by atoms with Crippen molar-refractivity contribution in [2.24, 2.45) is 23.3 Å². The highest BCUT2D eigenvalue weighted by Crippen LogP contribution is 2.57. The molecule has 0 radical (unpaired) electrons. The first kappa shape index (κ1) is 64.3. The molecule has 2 heterocycles. The Hall–Kier alpha value is -8.89. The number of thiocarbonyl (C=S) groups is 1. The van der Waals surface area contributed by atoms with E-state index in [-0.39, 0.29) is 70.5 Å². The molecule has 5 atom stereocenters. The van der Waals surface area contributed by atoms with Crippen LogP contribution in [0.5, 0.6) is 28.7 Å². The number of phosphoric acid groups is 1. The predicted molar refractivity (Wildman–Crippen MR) is 301 cm³/mol. The maximum absolute atomic E-state index is 14.3. The molecule has 0 unspecified atom stereocenters. The van der Waals surface area contributed by atoms with Gasteiger partial charge in [0, 0.05) is 47.4 Å². The van der Waals surface area contributed by atoms with Gasteiger partial charge in [-0.3, -0.25) is 48.1 Å². The van der Waals surface area contributed by atoms with Crippen LogP contribution in [0.3, 0.4) is 0 Å². The topological polar surface area (TPSA) is 448 Å². The van der Waals surface area contributed by atoms with Crippen molar-refractivity contribution in [3.8, 4) is 28.7 Å². The van der Waals surface area contributed by atoms with E-state index in [1.165, 1.54) is 54.6 Å². The molecule has 2 aliphatic rings. The number of primary amides is 2. The van der Waals surface area contributed by atoms with Crippen molar-refractivity contribution in [2.75, 3.05) is 25.0 Å². The maximum atomic E-state index is 14.3. The molecule has 450 valence electrons. The number of fused-ring (bicyclic) bond motifs is 6. The quantitative estimate of drug-likeness (QED) is 0.0213. The van der Waals surface area contributed by atoms with Crippen molar-refractivity contribution in [1.29, 1.82) is 0 Å². The number of esters is 1. The van der Waals surface area contributed by atoms with Crippen molar-refractivity contribution in [1.82, 2.24) is 37.2 Å². The molecule has 84 heavy (non-hydrogen) atoms. The van der Waals surface area contributed by atoms with Gasteiger partial charge in [-0.05, 0) is 97.4 Å². The van der Waals surface area contributed by atoms with Crippen LogP contribution >= 0.6 is 20.0 Å². The summed E-state index contributed by atoms with van der Waals surface area (Å²) >= 11 is 5.49. The number of aliphatic hydroxyl groups excluding tert-OH is 1. The molecular weight excluding hydrogens is 1140 g/mol. The predicted octanol–water partition coefficient (Wildman–Crippen LogP) is 0.0419. The normalized spacial score (nSPS) is 14.5. The highest BCUT2D eigenvalue weighted by Gasteiger charge is 2.54. The summed E-state index contributed by atoms with van der Waals surface area (Å²) in [4.78, 5) is 138. The summed E-state index contributed by atoms with van der Waals surface area (Å²) in [6.07, 6.45) is -1.12. The lowest BCUT2D eigenvalue weighted by atomic mass is 9.77. The summed E-state index contributed by atoms with van der Waals surface area (Å²) in [5, 5.41) is 50.3. The van der Waals surface area contributed by atoms with Gasteiger partial charge in [0.2, 0.25) is 47.3 Å². The molecule has 4 aromatic carbocycles. The number of carbonyl (C=O) groups is 9. The first-order chi connectivity index (χ1) is 39.5. The van der Waals surface area contributed by atoms with Crippen LogP contribution in [0, 0.1) is 11.8 Å². The van der Waals surface area contributed by atoms with E-state index in [1.54, 1.807) is 52.0 Å². The lowest BCUT2D eigenvalue weighted by molar-refractivity contribution is -0.134. The van der Waals surface area contributed by atoms with Crippen molar-refractivity contribution in [3.63, 3.8) is 0 Å². The first-order valence-corrected chi connectivity index (χ1v) is 28.1. The molecule has 30 heteroatoms. The SMILES string of the molecule is CC(C)C[C@H](NC(=O)CNC(=O)[C@H](CCC(N)=O)NC(=O)[C@H](Cc1ccc(OP(=O)(O)O)cc1)NC(=O)[C@H](CC(C)C)NC(=O)CNC(=S)Nc1ccc2c(c1)C(=O)OC21c2ccc(O)cc2Oc2cc(O)ccc21)C(=O)N[C@@H](CO)C(N)=O. The van der Waals surface area contributed by atoms with E-state index in [0.29, 0.717) is 27.9 Å². The number of hydrogen-bond acceptors (Lipinski definition) is 17. The summed E-state index contributed by atoms with van der Waals surface area (Å²) in [6, 6.07) is 11.3. The van der Waals surface area contributed by atoms with Crippen LogP contribution in [0.2, 0.25) is 0 Å². The van der Waals surface area contributed by atoms with Crippen molar-refractivity contribution >= 4 is 84.1 Å². The van der Waals surface area contributed by atoms with Gasteiger partial charge in [-0.25, -0.2) is 9.36 Å². The van der Waals surface area contributed by atoms with Crippen molar-refractivity contribution < 1.29 is 86.8 Å². The number of amides is 8. The van der Waals surface area contributed by atoms with Gasteiger partial charge < -0.3 is 83.3 Å². The molecule has 0 aromatic heterocycles. The molecule has 17 N–H and O–H groups in total. The summed E-state index contributed by atoms with van der Waals surface area (Å²) < 4.78 is 28.3. The standard InChI is InChI=1S/C54H65N10O18PS/c1-26(2)17-38(61-46(70)24-58-53(84)59-29-7-12-34-33(20-29)52(76)81-54(34)35-13-8-30(66)21-42(35)80-43-22-31(67)9-14-36(43)54)49(73)63-40(19-28-5-10-32(11-6-28)82-83(77,78)79)51(75)62-37(15-16-44(55)68)48(72)57-23-45(69)60-39(18-27(3)4)50(74)64-41(25-65)47(56)71/h5-14,20-22,26-27,37-41,65-67H,15-19,23-25H2,1-4H3,(H2,55,68)(H2,56,71)(H,57,72)(H,60,69)(H,61,70)(H,62,75)(H,63,73)(H,64,74)(H2,58,59,84)(H2,77,78,79)/t37-,38-,39-,40-,41-/m0/s1. The number of phenols is 2. The van der Waals surface area contributed by atoms with Crippen LogP contribution in [0.15, 0.2) is 78.9 Å². The Morgan fingerprint density at radius 3 is 1.68 bits per heavy atom. The smallest absolute Gasteiger partial charge is 0.508 e. The Kier molecular flexibility index (Phi) is 21.4. The van der Waals surface area contributed by atoms with Gasteiger partial charge in [-0.1, -0.05) is 45.9 Å². The second-order valence-corrected chi connectivity index (χ2v) is 22.1. The maximum Gasteiger partial charge on any atom is 0.524 e. The second kappa shape index (κ2) is 27.9. The lowest BCUT2D eigenvalue weighted by Gasteiger charge is -2.36. The average Bonchev–Trinajstić information content (AvgIpc) is 1.57. The molecular formula is C54H65N10O18PS. The van der Waals surface area contributed by atoms with Crippen LogP contribution in [-0.2, 0) is 59.7 Å². The first-order valence-electron chi connectivity index (χ1n) is 26.1. The summed E-state index contributed by atoms with van der Waals surface area (Å²) in [5.41, 5.74) is 11.1. The zero-order valence-corrected chi connectivity index (χ0v) is 47.5. The number of aromatic hydroxyl groups is 2. The van der Waals surface area contributed by atoms with Crippen LogP contribution in [0.4, 0.5) is 5.69 Å². The van der Waals surface area contributed by atoms with Gasteiger partial charge in [-0.15, -0.1) is 0 Å². The highest BCUT2D eigenvalue weighted by molar-refractivity contribution is 7.80. The fraction of sp³-hybridized carbons (Fsp3) is 0.370. The molecule has 0 bridgehead atoms. The summed E-state index contributed by atoms with van der Waals surface area (Å²) in [5.74, 6) is -8.49. The number of nitrogens with one attached hydrogen (secondary N) is 8. The van der Waals surface area contributed by atoms with Crippen LogP contribution in [-0.4, -0.2) is 133 Å². The number of ether oxygens (including phenoxy) is 2. The molecule has 0 fully saturated rings. The zero-order valence-electron chi connectivity index (χ0n) is 45.8. The van der Waals surface area contributed by atoms with Crippen LogP contribution in [0.1, 0.15) is 86.0 Å². The number of anilines is 1. The molecule has 4 aromatic rings. The Labute approximate surface area is 485 Å². The number of aliphatic hydroxyl groups is 1. The second-order valence-electron chi connectivity index (χ2n) is 20.5. The molecule has 0 saturated carbocycles. The minimum Gasteiger partial charge on any atom is -0.508 e. The third-order valence-electron chi connectivity index (χ3n) is 13.0. The number of rotatable bonds is 27. The Balaban J connectivity index is 1.14. The number of phenolic OH excluding ortho intramolecular Hbond substituents is 2. The zero-order chi connectivity index (χ0) is 61.8. The summed E-state index contributed by atoms with van der Waals surface area (Å²) in [7, 11) is -4.97. The van der Waals surface area contributed by atoms with E-state index in [2.05, 4.69) is 47.1 Å². The number of hydrogen-bond donors (Lipinski definition) is 15. The molecule has 28 nitrogen and oxygen atoms in total. The number of nitrogens with two attached hydrogens (primary N) is 2. The number of carbonyl (C=O) groups excluding carboxylic acids is 9.